The Morgan fingerprint density at radius 3 is 2.62 bits per heavy atom. The van der Waals surface area contributed by atoms with Gasteiger partial charge in [0.2, 0.25) is 12.7 Å². The van der Waals surface area contributed by atoms with Crippen LogP contribution >= 0.6 is 11.6 Å². The molecule has 1 atom stereocenters. The maximum Gasteiger partial charge on any atom is 0.234 e. The smallest absolute Gasteiger partial charge is 0.234 e. The van der Waals surface area contributed by atoms with Crippen molar-refractivity contribution in [2.24, 2.45) is 0 Å². The summed E-state index contributed by atoms with van der Waals surface area (Å²) >= 11 is 6.04. The summed E-state index contributed by atoms with van der Waals surface area (Å²) in [5, 5.41) is 3.75. The lowest BCUT2D eigenvalue weighted by molar-refractivity contribution is -0.123. The Bertz CT molecular complexity index is 868. The summed E-state index contributed by atoms with van der Waals surface area (Å²) in [6.45, 7) is 7.21. The van der Waals surface area contributed by atoms with Crippen LogP contribution in [-0.4, -0.2) is 55.2 Å². The van der Waals surface area contributed by atoms with E-state index >= 15 is 0 Å². The van der Waals surface area contributed by atoms with Crippen LogP contribution in [0.25, 0.3) is 0 Å². The van der Waals surface area contributed by atoms with E-state index in [1.165, 1.54) is 5.56 Å². The Kier molecular flexibility index (Phi) is 6.23. The highest BCUT2D eigenvalue weighted by Crippen LogP contribution is 2.32. The molecule has 0 bridgehead atoms. The van der Waals surface area contributed by atoms with E-state index in [0.717, 1.165) is 49.8 Å². The number of fused-ring (bicyclic) bond motifs is 1. The van der Waals surface area contributed by atoms with E-state index in [9.17, 15) is 4.79 Å². The Hall–Kier alpha value is -2.28. The van der Waals surface area contributed by atoms with Gasteiger partial charge in [-0.05, 0) is 42.3 Å². The molecule has 1 amide bonds. The van der Waals surface area contributed by atoms with E-state index in [2.05, 4.69) is 27.2 Å². The van der Waals surface area contributed by atoms with Crippen molar-refractivity contribution >= 4 is 17.5 Å². The predicted octanol–water partition coefficient (Wildman–Crippen LogP) is 3.06. The minimum atomic E-state index is -0.0616. The first kappa shape index (κ1) is 20.0. The summed E-state index contributed by atoms with van der Waals surface area (Å²) in [6.07, 6.45) is 0. The van der Waals surface area contributed by atoms with Gasteiger partial charge in [0.05, 0.1) is 12.6 Å². The molecule has 0 saturated carbocycles. The second kappa shape index (κ2) is 9.03. The van der Waals surface area contributed by atoms with Crippen molar-refractivity contribution in [2.75, 3.05) is 39.5 Å². The number of rotatable bonds is 6. The first-order chi connectivity index (χ1) is 14.1. The summed E-state index contributed by atoms with van der Waals surface area (Å²) in [5.74, 6) is 1.69. The van der Waals surface area contributed by atoms with Gasteiger partial charge in [-0.3, -0.25) is 14.6 Å². The van der Waals surface area contributed by atoms with Crippen molar-refractivity contribution in [2.45, 2.75) is 19.5 Å². The molecule has 29 heavy (non-hydrogen) atoms. The standard InChI is InChI=1S/C22H26ClN3O3/c1-16(18-3-2-4-19(23)12-18)24-22(27)14-26-9-7-25(8-10-26)13-17-5-6-20-21(11-17)29-15-28-20/h2-6,11-12,16H,7-10,13-15H2,1H3,(H,24,27)/t16-/m0/s1. The average Bonchev–Trinajstić information content (AvgIpc) is 3.17. The molecule has 1 fully saturated rings. The number of halogens is 1. The Labute approximate surface area is 176 Å². The molecule has 0 aliphatic carbocycles. The summed E-state index contributed by atoms with van der Waals surface area (Å²) in [4.78, 5) is 17.0. The molecule has 1 saturated heterocycles. The zero-order chi connectivity index (χ0) is 20.2. The van der Waals surface area contributed by atoms with Crippen LogP contribution in [0.5, 0.6) is 11.5 Å². The van der Waals surface area contributed by atoms with E-state index in [4.69, 9.17) is 21.1 Å². The molecule has 6 nitrogen and oxygen atoms in total. The topological polar surface area (TPSA) is 54.0 Å². The fraction of sp³-hybridized carbons (Fsp3) is 0.409. The number of nitrogens with one attached hydrogen (secondary N) is 1. The van der Waals surface area contributed by atoms with Gasteiger partial charge < -0.3 is 14.8 Å². The molecule has 2 aromatic carbocycles. The number of piperazine rings is 1. The third-order valence-electron chi connectivity index (χ3n) is 5.40. The zero-order valence-corrected chi connectivity index (χ0v) is 17.3. The molecular weight excluding hydrogens is 390 g/mol. The SMILES string of the molecule is C[C@H](NC(=O)CN1CCN(Cc2ccc3c(c2)OCO3)CC1)c1cccc(Cl)c1. The monoisotopic (exact) mass is 415 g/mol. The third-order valence-corrected chi connectivity index (χ3v) is 5.64. The van der Waals surface area contributed by atoms with Gasteiger partial charge in [0.25, 0.3) is 0 Å². The maximum atomic E-state index is 12.4. The lowest BCUT2D eigenvalue weighted by Gasteiger charge is -2.34. The van der Waals surface area contributed by atoms with Gasteiger partial charge in [0.15, 0.2) is 11.5 Å². The quantitative estimate of drug-likeness (QED) is 0.785. The van der Waals surface area contributed by atoms with Crippen LogP contribution in [0, 0.1) is 0 Å². The normalized spacial score (nSPS) is 17.9. The van der Waals surface area contributed by atoms with Gasteiger partial charge in [-0.15, -0.1) is 0 Å². The number of carbonyl (C=O) groups is 1. The van der Waals surface area contributed by atoms with E-state index in [-0.39, 0.29) is 11.9 Å². The van der Waals surface area contributed by atoms with Gasteiger partial charge >= 0.3 is 0 Å². The fourth-order valence-corrected chi connectivity index (χ4v) is 3.95. The van der Waals surface area contributed by atoms with E-state index in [1.54, 1.807) is 0 Å². The van der Waals surface area contributed by atoms with Crippen LogP contribution in [0.3, 0.4) is 0 Å². The highest BCUT2D eigenvalue weighted by molar-refractivity contribution is 6.30. The van der Waals surface area contributed by atoms with Crippen molar-refractivity contribution in [1.82, 2.24) is 15.1 Å². The first-order valence-corrected chi connectivity index (χ1v) is 10.3. The van der Waals surface area contributed by atoms with E-state index in [1.807, 2.05) is 37.3 Å². The lowest BCUT2D eigenvalue weighted by atomic mass is 10.1. The van der Waals surface area contributed by atoms with Crippen molar-refractivity contribution in [1.29, 1.82) is 0 Å². The molecule has 0 aromatic heterocycles. The Balaban J connectivity index is 1.22. The number of benzene rings is 2. The van der Waals surface area contributed by atoms with Crippen molar-refractivity contribution in [3.05, 3.63) is 58.6 Å². The molecule has 2 aromatic rings. The second-order valence-corrected chi connectivity index (χ2v) is 8.02. The van der Waals surface area contributed by atoms with Crippen LogP contribution in [0.2, 0.25) is 5.02 Å². The van der Waals surface area contributed by atoms with E-state index < -0.39 is 0 Å². The van der Waals surface area contributed by atoms with Gasteiger partial charge in [-0.25, -0.2) is 0 Å². The average molecular weight is 416 g/mol. The predicted molar refractivity (Wildman–Crippen MR) is 112 cm³/mol. The summed E-state index contributed by atoms with van der Waals surface area (Å²) < 4.78 is 10.8. The summed E-state index contributed by atoms with van der Waals surface area (Å²) in [7, 11) is 0. The number of nitrogens with zero attached hydrogens (tertiary/aromatic N) is 2. The number of carbonyl (C=O) groups excluding carboxylic acids is 1. The molecule has 0 radical (unpaired) electrons. The minimum absolute atomic E-state index is 0.0432. The van der Waals surface area contributed by atoms with Crippen molar-refractivity contribution in [3.63, 3.8) is 0 Å². The maximum absolute atomic E-state index is 12.4. The minimum Gasteiger partial charge on any atom is -0.454 e. The van der Waals surface area contributed by atoms with E-state index in [0.29, 0.717) is 18.4 Å². The molecule has 2 aliphatic heterocycles. The van der Waals surface area contributed by atoms with Crippen molar-refractivity contribution < 1.29 is 14.3 Å². The number of amides is 1. The highest BCUT2D eigenvalue weighted by atomic mass is 35.5. The largest absolute Gasteiger partial charge is 0.454 e. The van der Waals surface area contributed by atoms with Crippen LogP contribution in [0.15, 0.2) is 42.5 Å². The van der Waals surface area contributed by atoms with Crippen LogP contribution < -0.4 is 14.8 Å². The molecule has 0 spiro atoms. The van der Waals surface area contributed by atoms with Gasteiger partial charge in [0, 0.05) is 37.7 Å². The van der Waals surface area contributed by atoms with Gasteiger partial charge in [0.1, 0.15) is 0 Å². The number of hydrogen-bond donors (Lipinski definition) is 1. The Morgan fingerprint density at radius 2 is 1.83 bits per heavy atom. The highest BCUT2D eigenvalue weighted by Gasteiger charge is 2.21. The van der Waals surface area contributed by atoms with Crippen molar-refractivity contribution in [3.8, 4) is 11.5 Å². The molecule has 0 unspecified atom stereocenters. The van der Waals surface area contributed by atoms with Crippen LogP contribution in [0.1, 0.15) is 24.1 Å². The lowest BCUT2D eigenvalue weighted by Crippen LogP contribution is -2.49. The Morgan fingerprint density at radius 1 is 1.07 bits per heavy atom. The molecule has 7 heteroatoms. The molecule has 154 valence electrons. The number of ether oxygens (including phenoxy) is 2. The van der Waals surface area contributed by atoms with Gasteiger partial charge in [-0.2, -0.15) is 0 Å². The third kappa shape index (κ3) is 5.21. The molecule has 2 heterocycles. The summed E-state index contributed by atoms with van der Waals surface area (Å²) in [6, 6.07) is 13.7. The van der Waals surface area contributed by atoms with Gasteiger partial charge in [-0.1, -0.05) is 29.8 Å². The fourth-order valence-electron chi connectivity index (χ4n) is 3.75. The second-order valence-electron chi connectivity index (χ2n) is 7.58. The molecule has 4 rings (SSSR count). The first-order valence-electron chi connectivity index (χ1n) is 9.95. The zero-order valence-electron chi connectivity index (χ0n) is 16.6. The summed E-state index contributed by atoms with van der Waals surface area (Å²) in [5.41, 5.74) is 2.23. The number of hydrogen-bond acceptors (Lipinski definition) is 5. The molecular formula is C22H26ClN3O3. The van der Waals surface area contributed by atoms with Crippen LogP contribution in [0.4, 0.5) is 0 Å². The molecule has 1 N–H and O–H groups in total. The van der Waals surface area contributed by atoms with Crippen LogP contribution in [-0.2, 0) is 11.3 Å². The molecule has 2 aliphatic rings.